The normalized spacial score (nSPS) is 36.5. The van der Waals surface area contributed by atoms with Gasteiger partial charge >= 0.3 is 0 Å². The molecule has 0 radical (unpaired) electrons. The maximum atomic E-state index is 9.93. The Morgan fingerprint density at radius 3 is 1.45 bits per heavy atom. The highest BCUT2D eigenvalue weighted by molar-refractivity contribution is 5.87. The summed E-state index contributed by atoms with van der Waals surface area (Å²) in [5, 5.41) is 19.9. The monoisotopic (exact) mass is 282 g/mol. The lowest BCUT2D eigenvalue weighted by Crippen LogP contribution is -2.56. The second kappa shape index (κ2) is 3.74. The molecule has 0 aromatic rings. The molecule has 6 nitrogen and oxygen atoms in total. The molecule has 112 valence electrons. The lowest BCUT2D eigenvalue weighted by Gasteiger charge is -2.46. The number of aliphatic hydroxyl groups is 2. The van der Waals surface area contributed by atoms with E-state index in [9.17, 15) is 10.2 Å². The minimum absolute atomic E-state index is 0.281. The van der Waals surface area contributed by atoms with Crippen molar-refractivity contribution in [2.45, 2.75) is 62.8 Å². The fourth-order valence-corrected chi connectivity index (χ4v) is 3.13. The Balaban J connectivity index is 1.74. The molecule has 0 aromatic carbocycles. The zero-order valence-electron chi connectivity index (χ0n) is 12.4. The first kappa shape index (κ1) is 13.8. The molecule has 0 aromatic heterocycles. The number of hydrogen-bond acceptors (Lipinski definition) is 6. The maximum Gasteiger partial charge on any atom is 0.216 e. The number of nitrogens with zero attached hydrogens (tertiary/aromatic N) is 2. The summed E-state index contributed by atoms with van der Waals surface area (Å²) >= 11 is 0. The lowest BCUT2D eigenvalue weighted by molar-refractivity contribution is 0.0542. The SMILES string of the molecule is CC(C)(O)C1=NC2(CO1)CC1(COC(C(C)(C)O)=N1)C2. The molecule has 2 spiro atoms. The van der Waals surface area contributed by atoms with Gasteiger partial charge in [-0.3, -0.25) is 0 Å². The Morgan fingerprint density at radius 2 is 1.20 bits per heavy atom. The van der Waals surface area contributed by atoms with Gasteiger partial charge < -0.3 is 19.7 Å². The first-order valence-electron chi connectivity index (χ1n) is 6.95. The largest absolute Gasteiger partial charge is 0.476 e. The zero-order valence-corrected chi connectivity index (χ0v) is 12.4. The van der Waals surface area contributed by atoms with Crippen LogP contribution in [0.15, 0.2) is 9.98 Å². The van der Waals surface area contributed by atoms with Gasteiger partial charge in [0.1, 0.15) is 35.5 Å². The van der Waals surface area contributed by atoms with Crippen molar-refractivity contribution < 1.29 is 19.7 Å². The Hall–Kier alpha value is -1.14. The van der Waals surface area contributed by atoms with Crippen LogP contribution in [0.3, 0.4) is 0 Å². The van der Waals surface area contributed by atoms with Gasteiger partial charge in [-0.05, 0) is 27.7 Å². The molecule has 1 aliphatic carbocycles. The molecular formula is C14H22N2O4. The van der Waals surface area contributed by atoms with E-state index in [0.717, 1.165) is 12.8 Å². The predicted molar refractivity (Wildman–Crippen MR) is 74.1 cm³/mol. The van der Waals surface area contributed by atoms with E-state index in [2.05, 4.69) is 9.98 Å². The third kappa shape index (κ3) is 2.11. The molecule has 6 heteroatoms. The second-order valence-corrected chi connectivity index (χ2v) is 7.33. The van der Waals surface area contributed by atoms with Crippen LogP contribution in [0, 0.1) is 0 Å². The van der Waals surface area contributed by atoms with Crippen molar-refractivity contribution in [3.8, 4) is 0 Å². The molecule has 20 heavy (non-hydrogen) atoms. The summed E-state index contributed by atoms with van der Waals surface area (Å²) in [5.74, 6) is 0.802. The molecule has 2 aliphatic heterocycles. The Labute approximate surface area is 118 Å². The standard InChI is InChI=1S/C14H22N2O4/c1-11(2,17)9-15-13(7-19-9)5-14(6-13)8-20-10(16-14)12(3,4)18/h17-18H,5-8H2,1-4H3. The van der Waals surface area contributed by atoms with Gasteiger partial charge in [-0.25, -0.2) is 9.98 Å². The highest BCUT2D eigenvalue weighted by Crippen LogP contribution is 2.51. The Kier molecular flexibility index (Phi) is 2.58. The minimum Gasteiger partial charge on any atom is -0.476 e. The van der Waals surface area contributed by atoms with E-state index in [1.807, 2.05) is 0 Å². The third-order valence-electron chi connectivity index (χ3n) is 4.00. The highest BCUT2D eigenvalue weighted by Gasteiger charge is 2.61. The van der Waals surface area contributed by atoms with E-state index >= 15 is 0 Å². The molecular weight excluding hydrogens is 260 g/mol. The number of rotatable bonds is 2. The molecule has 3 rings (SSSR count). The van der Waals surface area contributed by atoms with E-state index in [1.54, 1.807) is 27.7 Å². The molecule has 0 atom stereocenters. The maximum absolute atomic E-state index is 9.93. The summed E-state index contributed by atoms with van der Waals surface area (Å²) < 4.78 is 11.1. The van der Waals surface area contributed by atoms with Crippen LogP contribution in [0.25, 0.3) is 0 Å². The predicted octanol–water partition coefficient (Wildman–Crippen LogP) is 0.657. The van der Waals surface area contributed by atoms with E-state index in [4.69, 9.17) is 9.47 Å². The van der Waals surface area contributed by atoms with Crippen LogP contribution in [0.5, 0.6) is 0 Å². The molecule has 3 aliphatic rings. The van der Waals surface area contributed by atoms with Crippen molar-refractivity contribution in [1.82, 2.24) is 0 Å². The molecule has 0 saturated heterocycles. The van der Waals surface area contributed by atoms with Gasteiger partial charge in [0, 0.05) is 12.8 Å². The summed E-state index contributed by atoms with van der Waals surface area (Å²) in [6, 6.07) is 0. The average Bonchev–Trinajstić information content (AvgIpc) is 2.81. The van der Waals surface area contributed by atoms with E-state index in [1.165, 1.54) is 0 Å². The molecule has 0 unspecified atom stereocenters. The van der Waals surface area contributed by atoms with Crippen LogP contribution in [0.4, 0.5) is 0 Å². The Bertz CT molecular complexity index is 446. The average molecular weight is 282 g/mol. The van der Waals surface area contributed by atoms with Crippen LogP contribution in [-0.4, -0.2) is 57.5 Å². The van der Waals surface area contributed by atoms with Crippen molar-refractivity contribution in [2.24, 2.45) is 9.98 Å². The smallest absolute Gasteiger partial charge is 0.216 e. The Morgan fingerprint density at radius 1 is 0.850 bits per heavy atom. The molecule has 1 fully saturated rings. The summed E-state index contributed by atoms with van der Waals surface area (Å²) in [4.78, 5) is 9.12. The molecule has 2 N–H and O–H groups in total. The van der Waals surface area contributed by atoms with Crippen molar-refractivity contribution in [3.63, 3.8) is 0 Å². The molecule has 0 amide bonds. The summed E-state index contributed by atoms with van der Waals surface area (Å²) in [6.45, 7) is 7.65. The van der Waals surface area contributed by atoms with E-state index in [-0.39, 0.29) is 11.1 Å². The summed E-state index contributed by atoms with van der Waals surface area (Å²) in [5.41, 5.74) is -2.64. The number of hydrogen-bond donors (Lipinski definition) is 2. The van der Waals surface area contributed by atoms with Crippen molar-refractivity contribution in [3.05, 3.63) is 0 Å². The van der Waals surface area contributed by atoms with Crippen LogP contribution in [0.2, 0.25) is 0 Å². The lowest BCUT2D eigenvalue weighted by atomic mass is 9.64. The number of ether oxygens (including phenoxy) is 2. The highest BCUT2D eigenvalue weighted by atomic mass is 16.5. The van der Waals surface area contributed by atoms with Gasteiger partial charge in [-0.15, -0.1) is 0 Å². The fourth-order valence-electron chi connectivity index (χ4n) is 3.13. The van der Waals surface area contributed by atoms with Gasteiger partial charge in [0.05, 0.1) is 0 Å². The van der Waals surface area contributed by atoms with Crippen LogP contribution >= 0.6 is 0 Å². The van der Waals surface area contributed by atoms with Gasteiger partial charge in [-0.1, -0.05) is 0 Å². The molecule has 2 heterocycles. The summed E-state index contributed by atoms with van der Waals surface area (Å²) in [7, 11) is 0. The summed E-state index contributed by atoms with van der Waals surface area (Å²) in [6.07, 6.45) is 1.47. The quantitative estimate of drug-likeness (QED) is 0.779. The van der Waals surface area contributed by atoms with E-state index in [0.29, 0.717) is 25.0 Å². The van der Waals surface area contributed by atoms with Crippen molar-refractivity contribution >= 4 is 11.8 Å². The topological polar surface area (TPSA) is 83.6 Å². The van der Waals surface area contributed by atoms with Gasteiger partial charge in [0.15, 0.2) is 0 Å². The van der Waals surface area contributed by atoms with Crippen LogP contribution in [0.1, 0.15) is 40.5 Å². The van der Waals surface area contributed by atoms with Gasteiger partial charge in [0.2, 0.25) is 11.8 Å². The van der Waals surface area contributed by atoms with Crippen molar-refractivity contribution in [2.75, 3.05) is 13.2 Å². The van der Waals surface area contributed by atoms with Crippen LogP contribution in [-0.2, 0) is 9.47 Å². The third-order valence-corrected chi connectivity index (χ3v) is 4.00. The zero-order chi connectivity index (χ0) is 14.8. The van der Waals surface area contributed by atoms with Crippen molar-refractivity contribution in [1.29, 1.82) is 0 Å². The minimum atomic E-state index is -1.04. The molecule has 0 bridgehead atoms. The number of aliphatic imine (C=N–C) groups is 2. The first-order valence-corrected chi connectivity index (χ1v) is 6.95. The van der Waals surface area contributed by atoms with Gasteiger partial charge in [-0.2, -0.15) is 0 Å². The first-order chi connectivity index (χ1) is 9.04. The fraction of sp³-hybridized carbons (Fsp3) is 0.857. The van der Waals surface area contributed by atoms with Gasteiger partial charge in [0.25, 0.3) is 0 Å². The molecule has 1 saturated carbocycles. The second-order valence-electron chi connectivity index (χ2n) is 7.33. The van der Waals surface area contributed by atoms with E-state index < -0.39 is 11.2 Å². The van der Waals surface area contributed by atoms with Crippen LogP contribution < -0.4 is 0 Å².